The first kappa shape index (κ1) is 21.6. The predicted octanol–water partition coefficient (Wildman–Crippen LogP) is 2.85. The summed E-state index contributed by atoms with van der Waals surface area (Å²) < 4.78 is 10.1. The lowest BCUT2D eigenvalue weighted by molar-refractivity contribution is -0.385. The van der Waals surface area contributed by atoms with E-state index >= 15 is 0 Å². The first-order chi connectivity index (χ1) is 13.8. The normalized spacial score (nSPS) is 16.0. The van der Waals surface area contributed by atoms with Gasteiger partial charge in [-0.3, -0.25) is 10.1 Å². The van der Waals surface area contributed by atoms with Crippen molar-refractivity contribution in [2.24, 2.45) is 0 Å². The Morgan fingerprint density at radius 1 is 1.21 bits per heavy atom. The van der Waals surface area contributed by atoms with Crippen LogP contribution in [0.3, 0.4) is 0 Å². The van der Waals surface area contributed by atoms with Crippen molar-refractivity contribution in [2.45, 2.75) is 32.6 Å². The van der Waals surface area contributed by atoms with E-state index in [-0.39, 0.29) is 35.4 Å². The van der Waals surface area contributed by atoms with Crippen molar-refractivity contribution in [1.29, 1.82) is 5.26 Å². The zero-order chi connectivity index (χ0) is 21.6. The molecule has 9 nitrogen and oxygen atoms in total. The second-order valence-corrected chi connectivity index (χ2v) is 6.34. The molecule has 1 aromatic rings. The maximum Gasteiger partial charge on any atom is 0.336 e. The van der Waals surface area contributed by atoms with Gasteiger partial charge in [0.15, 0.2) is 0 Å². The molecule has 0 spiro atoms. The molecule has 1 aliphatic heterocycles. The quantitative estimate of drug-likeness (QED) is 0.320. The molecule has 9 heteroatoms. The van der Waals surface area contributed by atoms with Crippen LogP contribution >= 0.6 is 0 Å². The lowest BCUT2D eigenvalue weighted by atomic mass is 9.79. The van der Waals surface area contributed by atoms with E-state index < -0.39 is 22.8 Å². The molecule has 1 unspecified atom stereocenters. The third-order valence-electron chi connectivity index (χ3n) is 4.50. The Hall–Kier alpha value is -3.67. The molecule has 1 aliphatic rings. The summed E-state index contributed by atoms with van der Waals surface area (Å²) in [5.41, 5.74) is 0.985. The number of rotatable bonds is 7. The molecule has 1 aromatic carbocycles. The van der Waals surface area contributed by atoms with Crippen molar-refractivity contribution < 1.29 is 24.0 Å². The number of para-hydroxylation sites is 1. The van der Waals surface area contributed by atoms with Crippen molar-refractivity contribution in [3.8, 4) is 6.07 Å². The molecular weight excluding hydrogens is 378 g/mol. The average Bonchev–Trinajstić information content (AvgIpc) is 2.69. The molecular formula is C20H21N3O6. The molecule has 0 saturated heterocycles. The summed E-state index contributed by atoms with van der Waals surface area (Å²) in [5, 5.41) is 23.2. The lowest BCUT2D eigenvalue weighted by Crippen LogP contribution is -2.32. The third kappa shape index (κ3) is 4.60. The number of ether oxygens (including phenoxy) is 2. The molecule has 0 amide bonds. The fraction of sp³-hybridized carbons (Fsp3) is 0.350. The number of methoxy groups -OCH3 is 1. The maximum atomic E-state index is 12.9. The predicted molar refractivity (Wildman–Crippen MR) is 102 cm³/mol. The van der Waals surface area contributed by atoms with Gasteiger partial charge in [-0.25, -0.2) is 9.59 Å². The molecule has 0 bridgehead atoms. The van der Waals surface area contributed by atoms with Gasteiger partial charge in [0.25, 0.3) is 5.69 Å². The van der Waals surface area contributed by atoms with Gasteiger partial charge < -0.3 is 14.8 Å². The van der Waals surface area contributed by atoms with E-state index in [0.29, 0.717) is 17.8 Å². The van der Waals surface area contributed by atoms with Crippen LogP contribution in [0, 0.1) is 21.4 Å². The fourth-order valence-electron chi connectivity index (χ4n) is 3.25. The highest BCUT2D eigenvalue weighted by Crippen LogP contribution is 2.42. The van der Waals surface area contributed by atoms with Gasteiger partial charge in [0.05, 0.1) is 41.8 Å². The van der Waals surface area contributed by atoms with Gasteiger partial charge >= 0.3 is 11.9 Å². The van der Waals surface area contributed by atoms with Crippen LogP contribution in [0.2, 0.25) is 0 Å². The Labute approximate surface area is 167 Å². The number of dihydropyridines is 1. The van der Waals surface area contributed by atoms with Gasteiger partial charge in [-0.15, -0.1) is 0 Å². The third-order valence-corrected chi connectivity index (χ3v) is 4.50. The number of unbranched alkanes of at least 4 members (excludes halogenated alkanes) is 1. The standard InChI is InChI=1S/C20H21N3O6/c1-12-16(19(24)28-3)18(14-8-4-5-9-15(14)23(26)27)17(13(2)22-12)20(25)29-11-7-6-10-21/h4-5,8-9,18,22H,6-7,11H2,1-3H3. The van der Waals surface area contributed by atoms with Crippen LogP contribution in [0.5, 0.6) is 0 Å². The van der Waals surface area contributed by atoms with Crippen molar-refractivity contribution in [2.75, 3.05) is 13.7 Å². The lowest BCUT2D eigenvalue weighted by Gasteiger charge is -2.30. The molecule has 1 atom stereocenters. The summed E-state index contributed by atoms with van der Waals surface area (Å²) in [5.74, 6) is -2.46. The molecule has 29 heavy (non-hydrogen) atoms. The van der Waals surface area contributed by atoms with E-state index in [9.17, 15) is 19.7 Å². The summed E-state index contributed by atoms with van der Waals surface area (Å²) >= 11 is 0. The van der Waals surface area contributed by atoms with Crippen molar-refractivity contribution in [1.82, 2.24) is 5.32 Å². The summed E-state index contributed by atoms with van der Waals surface area (Å²) in [6, 6.07) is 7.88. The fourth-order valence-corrected chi connectivity index (χ4v) is 3.25. The number of nitrogens with zero attached hydrogens (tertiary/aromatic N) is 2. The Morgan fingerprint density at radius 3 is 2.41 bits per heavy atom. The second-order valence-electron chi connectivity index (χ2n) is 6.34. The zero-order valence-electron chi connectivity index (χ0n) is 16.4. The van der Waals surface area contributed by atoms with Gasteiger partial charge in [-0.1, -0.05) is 18.2 Å². The van der Waals surface area contributed by atoms with E-state index in [2.05, 4.69) is 5.32 Å². The number of hydrogen-bond donors (Lipinski definition) is 1. The number of esters is 2. The number of nitro groups is 1. The maximum absolute atomic E-state index is 12.9. The van der Waals surface area contributed by atoms with E-state index in [1.165, 1.54) is 25.3 Å². The van der Waals surface area contributed by atoms with Gasteiger partial charge in [-0.2, -0.15) is 5.26 Å². The Morgan fingerprint density at radius 2 is 1.83 bits per heavy atom. The van der Waals surface area contributed by atoms with Crippen LogP contribution in [-0.4, -0.2) is 30.6 Å². The van der Waals surface area contributed by atoms with Crippen LogP contribution in [0.1, 0.15) is 38.2 Å². The van der Waals surface area contributed by atoms with Gasteiger partial charge in [0, 0.05) is 29.4 Å². The van der Waals surface area contributed by atoms with Crippen LogP contribution in [0.25, 0.3) is 0 Å². The highest BCUT2D eigenvalue weighted by molar-refractivity contribution is 6.00. The van der Waals surface area contributed by atoms with Gasteiger partial charge in [-0.05, 0) is 20.3 Å². The van der Waals surface area contributed by atoms with E-state index in [1.54, 1.807) is 19.9 Å². The zero-order valence-corrected chi connectivity index (χ0v) is 16.4. The summed E-state index contributed by atoms with van der Waals surface area (Å²) in [4.78, 5) is 36.4. The highest BCUT2D eigenvalue weighted by atomic mass is 16.6. The van der Waals surface area contributed by atoms with Crippen LogP contribution in [0.4, 0.5) is 5.69 Å². The monoisotopic (exact) mass is 399 g/mol. The Bertz CT molecular complexity index is 942. The number of nitrogens with one attached hydrogen (secondary N) is 1. The summed E-state index contributed by atoms with van der Waals surface area (Å²) in [6.07, 6.45) is 0.584. The van der Waals surface area contributed by atoms with Crippen LogP contribution < -0.4 is 5.32 Å². The van der Waals surface area contributed by atoms with Crippen LogP contribution in [0.15, 0.2) is 46.8 Å². The molecule has 0 radical (unpaired) electrons. The number of carbonyl (C=O) groups excluding carboxylic acids is 2. The molecule has 0 saturated carbocycles. The highest BCUT2D eigenvalue weighted by Gasteiger charge is 2.40. The number of carbonyl (C=O) groups is 2. The molecule has 0 fully saturated rings. The van der Waals surface area contributed by atoms with Gasteiger partial charge in [0.2, 0.25) is 0 Å². The van der Waals surface area contributed by atoms with Crippen molar-refractivity contribution >= 4 is 17.6 Å². The number of allylic oxidation sites excluding steroid dienone is 2. The molecule has 1 N–H and O–H groups in total. The minimum Gasteiger partial charge on any atom is -0.466 e. The SMILES string of the molecule is COC(=O)C1=C(C)NC(C)=C(C(=O)OCCCC#N)C1c1ccccc1[N+](=O)[O-]. The van der Waals surface area contributed by atoms with E-state index in [1.807, 2.05) is 6.07 Å². The topological polar surface area (TPSA) is 132 Å². The molecule has 0 aliphatic carbocycles. The average molecular weight is 399 g/mol. The number of hydrogen-bond acceptors (Lipinski definition) is 8. The van der Waals surface area contributed by atoms with Crippen LogP contribution in [-0.2, 0) is 19.1 Å². The Balaban J connectivity index is 2.60. The summed E-state index contributed by atoms with van der Waals surface area (Å²) in [7, 11) is 1.20. The molecule has 0 aromatic heterocycles. The summed E-state index contributed by atoms with van der Waals surface area (Å²) in [6.45, 7) is 3.28. The second kappa shape index (κ2) is 9.50. The molecule has 2 rings (SSSR count). The van der Waals surface area contributed by atoms with E-state index in [0.717, 1.165) is 0 Å². The number of nitro benzene ring substituents is 1. The first-order valence-electron chi connectivity index (χ1n) is 8.87. The number of benzene rings is 1. The Kier molecular flexibility index (Phi) is 7.09. The molecule has 152 valence electrons. The van der Waals surface area contributed by atoms with Gasteiger partial charge in [0.1, 0.15) is 0 Å². The minimum atomic E-state index is -1.03. The van der Waals surface area contributed by atoms with Crippen molar-refractivity contribution in [3.63, 3.8) is 0 Å². The largest absolute Gasteiger partial charge is 0.466 e. The van der Waals surface area contributed by atoms with Crippen molar-refractivity contribution in [3.05, 3.63) is 62.5 Å². The minimum absolute atomic E-state index is 0.0169. The van der Waals surface area contributed by atoms with E-state index in [4.69, 9.17) is 14.7 Å². The number of nitriles is 1. The molecule has 1 heterocycles. The smallest absolute Gasteiger partial charge is 0.336 e. The first-order valence-corrected chi connectivity index (χ1v) is 8.87.